The van der Waals surface area contributed by atoms with Gasteiger partial charge in [0.05, 0.1) is 11.5 Å². The highest BCUT2D eigenvalue weighted by atomic mass is 16.6. The number of aliphatic imine (C=N–C) groups is 1. The van der Waals surface area contributed by atoms with Crippen LogP contribution in [0.3, 0.4) is 0 Å². The Morgan fingerprint density at radius 2 is 2.42 bits per heavy atom. The third-order valence-corrected chi connectivity index (χ3v) is 1.74. The molecule has 64 valence electrons. The van der Waals surface area contributed by atoms with Crippen molar-refractivity contribution in [2.45, 2.75) is 18.9 Å². The molecule has 1 aliphatic carbocycles. The van der Waals surface area contributed by atoms with E-state index in [1.54, 1.807) is 0 Å². The van der Waals surface area contributed by atoms with Crippen molar-refractivity contribution in [3.05, 3.63) is 21.9 Å². The van der Waals surface area contributed by atoms with E-state index in [9.17, 15) is 10.1 Å². The molecule has 12 heavy (non-hydrogen) atoms. The summed E-state index contributed by atoms with van der Waals surface area (Å²) < 4.78 is 5.24. The lowest BCUT2D eigenvalue weighted by Crippen LogP contribution is -2.13. The van der Waals surface area contributed by atoms with Gasteiger partial charge in [0, 0.05) is 6.08 Å². The highest BCUT2D eigenvalue weighted by molar-refractivity contribution is 5.93. The summed E-state index contributed by atoms with van der Waals surface area (Å²) in [5.74, 6) is 0.211. The molecule has 2 aliphatic rings. The van der Waals surface area contributed by atoms with Crippen molar-refractivity contribution in [1.82, 2.24) is 0 Å². The summed E-state index contributed by atoms with van der Waals surface area (Å²) in [6, 6.07) is 0. The summed E-state index contributed by atoms with van der Waals surface area (Å²) >= 11 is 0. The molecule has 0 aromatic carbocycles. The van der Waals surface area contributed by atoms with E-state index in [0.29, 0.717) is 6.54 Å². The average molecular weight is 168 g/mol. The fourth-order valence-corrected chi connectivity index (χ4v) is 0.977. The molecule has 0 spiro atoms. The van der Waals surface area contributed by atoms with Crippen molar-refractivity contribution >= 4 is 5.90 Å². The van der Waals surface area contributed by atoms with Gasteiger partial charge in [0.15, 0.2) is 0 Å². The Hall–Kier alpha value is -1.39. The summed E-state index contributed by atoms with van der Waals surface area (Å²) in [7, 11) is 0. The lowest BCUT2D eigenvalue weighted by Gasteiger charge is -2.00. The molecule has 0 bridgehead atoms. The number of nitro groups is 1. The maximum Gasteiger partial charge on any atom is 0.328 e. The minimum absolute atomic E-state index is 0.0156. The van der Waals surface area contributed by atoms with Gasteiger partial charge in [-0.2, -0.15) is 0 Å². The van der Waals surface area contributed by atoms with Gasteiger partial charge in [0.1, 0.15) is 6.10 Å². The second-order valence-corrected chi connectivity index (χ2v) is 2.81. The number of hydrogen-bond donors (Lipinski definition) is 0. The zero-order valence-corrected chi connectivity index (χ0v) is 6.40. The van der Waals surface area contributed by atoms with E-state index < -0.39 is 4.92 Å². The molecule has 1 saturated carbocycles. The standard InChI is InChI=1S/C7H8N2O3/c10-9(11)6-3-4-8-7(6)12-5-1-2-5/h3,5H,1-2,4H2. The molecule has 5 heteroatoms. The van der Waals surface area contributed by atoms with Gasteiger partial charge < -0.3 is 4.74 Å². The van der Waals surface area contributed by atoms with Crippen molar-refractivity contribution in [2.24, 2.45) is 4.99 Å². The number of rotatable bonds is 2. The zero-order valence-electron chi connectivity index (χ0n) is 6.40. The van der Waals surface area contributed by atoms with Gasteiger partial charge in [-0.25, -0.2) is 4.99 Å². The van der Waals surface area contributed by atoms with Gasteiger partial charge in [0.2, 0.25) is 0 Å². The minimum atomic E-state index is -0.450. The number of hydrogen-bond acceptors (Lipinski definition) is 4. The summed E-state index contributed by atoms with van der Waals surface area (Å²) in [5, 5.41) is 10.4. The highest BCUT2D eigenvalue weighted by Gasteiger charge is 2.32. The molecule has 0 radical (unpaired) electrons. The van der Waals surface area contributed by atoms with Crippen molar-refractivity contribution in [2.75, 3.05) is 6.54 Å². The molecule has 2 rings (SSSR count). The van der Waals surface area contributed by atoms with E-state index in [1.165, 1.54) is 6.08 Å². The van der Waals surface area contributed by atoms with Crippen molar-refractivity contribution < 1.29 is 9.66 Å². The molecule has 0 N–H and O–H groups in total. The predicted octanol–water partition coefficient (Wildman–Crippen LogP) is 0.738. The second-order valence-electron chi connectivity index (χ2n) is 2.81. The van der Waals surface area contributed by atoms with Gasteiger partial charge >= 0.3 is 5.70 Å². The van der Waals surface area contributed by atoms with Crippen LogP contribution in [0, 0.1) is 10.1 Å². The van der Waals surface area contributed by atoms with Crippen molar-refractivity contribution in [3.8, 4) is 0 Å². The molecule has 1 fully saturated rings. The van der Waals surface area contributed by atoms with Crippen LogP contribution < -0.4 is 0 Å². The largest absolute Gasteiger partial charge is 0.470 e. The van der Waals surface area contributed by atoms with Gasteiger partial charge in [0.25, 0.3) is 5.90 Å². The van der Waals surface area contributed by atoms with Crippen LogP contribution in [0.1, 0.15) is 12.8 Å². The third kappa shape index (κ3) is 1.30. The Balaban J connectivity index is 2.04. The molecule has 5 nitrogen and oxygen atoms in total. The zero-order chi connectivity index (χ0) is 8.55. The predicted molar refractivity (Wildman–Crippen MR) is 41.5 cm³/mol. The van der Waals surface area contributed by atoms with Gasteiger partial charge in [-0.3, -0.25) is 10.1 Å². The Morgan fingerprint density at radius 1 is 1.67 bits per heavy atom. The van der Waals surface area contributed by atoms with Crippen molar-refractivity contribution in [1.29, 1.82) is 0 Å². The van der Waals surface area contributed by atoms with Crippen LogP contribution in [0.4, 0.5) is 0 Å². The van der Waals surface area contributed by atoms with E-state index in [4.69, 9.17) is 4.74 Å². The normalized spacial score (nSPS) is 21.7. The average Bonchev–Trinajstić information content (AvgIpc) is 2.66. The number of ether oxygens (including phenoxy) is 1. The summed E-state index contributed by atoms with van der Waals surface area (Å²) in [6.45, 7) is 0.373. The quantitative estimate of drug-likeness (QED) is 0.451. The smallest absolute Gasteiger partial charge is 0.328 e. The first-order valence-electron chi connectivity index (χ1n) is 3.83. The van der Waals surface area contributed by atoms with Gasteiger partial charge in [-0.1, -0.05) is 0 Å². The topological polar surface area (TPSA) is 64.7 Å². The highest BCUT2D eigenvalue weighted by Crippen LogP contribution is 2.26. The van der Waals surface area contributed by atoms with Crippen LogP contribution in [-0.4, -0.2) is 23.5 Å². The fraction of sp³-hybridized carbons (Fsp3) is 0.571. The Kier molecular flexibility index (Phi) is 1.56. The van der Waals surface area contributed by atoms with E-state index in [1.807, 2.05) is 0 Å². The molecule has 0 amide bonds. The molecular formula is C7H8N2O3. The summed E-state index contributed by atoms with van der Waals surface area (Å²) in [6.07, 6.45) is 3.62. The van der Waals surface area contributed by atoms with Crippen LogP contribution in [0.25, 0.3) is 0 Å². The molecule has 0 saturated heterocycles. The van der Waals surface area contributed by atoms with Crippen molar-refractivity contribution in [3.63, 3.8) is 0 Å². The molecule has 1 aliphatic heterocycles. The first-order chi connectivity index (χ1) is 5.77. The van der Waals surface area contributed by atoms with Crippen LogP contribution >= 0.6 is 0 Å². The van der Waals surface area contributed by atoms with E-state index in [-0.39, 0.29) is 17.7 Å². The molecule has 0 unspecified atom stereocenters. The summed E-state index contributed by atoms with van der Waals surface area (Å²) in [5.41, 5.74) is 0.0156. The third-order valence-electron chi connectivity index (χ3n) is 1.74. The van der Waals surface area contributed by atoms with Crippen LogP contribution in [0.15, 0.2) is 16.8 Å². The Bertz CT molecular complexity index is 278. The van der Waals surface area contributed by atoms with Crippen LogP contribution in [-0.2, 0) is 4.74 Å². The molecule has 0 atom stereocenters. The Morgan fingerprint density at radius 3 is 3.00 bits per heavy atom. The lowest BCUT2D eigenvalue weighted by molar-refractivity contribution is -0.416. The van der Waals surface area contributed by atoms with Crippen LogP contribution in [0.5, 0.6) is 0 Å². The monoisotopic (exact) mass is 168 g/mol. The fourth-order valence-electron chi connectivity index (χ4n) is 0.977. The molecule has 0 aromatic heterocycles. The van der Waals surface area contributed by atoms with E-state index in [0.717, 1.165) is 12.8 Å². The first kappa shape index (κ1) is 7.27. The minimum Gasteiger partial charge on any atom is -0.470 e. The molecular weight excluding hydrogens is 160 g/mol. The maximum atomic E-state index is 10.4. The first-order valence-corrected chi connectivity index (χ1v) is 3.83. The lowest BCUT2D eigenvalue weighted by atomic mass is 10.4. The Labute approximate surface area is 68.9 Å². The number of nitrogens with zero attached hydrogens (tertiary/aromatic N) is 2. The van der Waals surface area contributed by atoms with E-state index in [2.05, 4.69) is 4.99 Å². The van der Waals surface area contributed by atoms with Gasteiger partial charge in [-0.05, 0) is 12.8 Å². The van der Waals surface area contributed by atoms with Gasteiger partial charge in [-0.15, -0.1) is 0 Å². The van der Waals surface area contributed by atoms with Crippen LogP contribution in [0.2, 0.25) is 0 Å². The van der Waals surface area contributed by atoms with E-state index >= 15 is 0 Å². The maximum absolute atomic E-state index is 10.4. The summed E-state index contributed by atoms with van der Waals surface area (Å²) in [4.78, 5) is 13.8. The SMILES string of the molecule is O=[N+]([O-])C1=CCN=C1OC1CC1. The molecule has 1 heterocycles. The molecule has 0 aromatic rings. The second kappa shape index (κ2) is 2.58.